The van der Waals surface area contributed by atoms with E-state index in [0.717, 1.165) is 6.42 Å². The van der Waals surface area contributed by atoms with Crippen molar-refractivity contribution in [2.24, 2.45) is 0 Å². The Morgan fingerprint density at radius 2 is 1.90 bits per heavy atom. The van der Waals surface area contributed by atoms with Gasteiger partial charge < -0.3 is 5.32 Å². The second-order valence-electron chi connectivity index (χ2n) is 5.62. The summed E-state index contributed by atoms with van der Waals surface area (Å²) in [6, 6.07) is 18.6. The van der Waals surface area contributed by atoms with Gasteiger partial charge in [-0.2, -0.15) is 0 Å². The summed E-state index contributed by atoms with van der Waals surface area (Å²) in [6.07, 6.45) is 0.717. The molecule has 0 radical (unpaired) electrons. The smallest absolute Gasteiger partial charge is 0.237 e. The number of hydrogen-bond acceptors (Lipinski definition) is 2. The number of piperazine rings is 1. The second kappa shape index (κ2) is 6.10. The van der Waals surface area contributed by atoms with E-state index in [-0.39, 0.29) is 18.0 Å². The van der Waals surface area contributed by atoms with Gasteiger partial charge in [-0.05, 0) is 24.5 Å². The zero-order valence-corrected chi connectivity index (χ0v) is 12.2. The lowest BCUT2D eigenvalue weighted by molar-refractivity contribution is -0.125. The van der Waals surface area contributed by atoms with Crippen LogP contribution in [0.3, 0.4) is 0 Å². The fourth-order valence-electron chi connectivity index (χ4n) is 2.81. The molecule has 1 fully saturated rings. The van der Waals surface area contributed by atoms with Gasteiger partial charge in [-0.15, -0.1) is 0 Å². The van der Waals surface area contributed by atoms with Crippen LogP contribution in [0.5, 0.6) is 0 Å². The van der Waals surface area contributed by atoms with Crippen LogP contribution in [0.1, 0.15) is 22.7 Å². The Balaban J connectivity index is 1.74. The van der Waals surface area contributed by atoms with Gasteiger partial charge in [0.25, 0.3) is 0 Å². The third kappa shape index (κ3) is 3.31. The first kappa shape index (κ1) is 13.8. The Kier molecular flexibility index (Phi) is 4.02. The minimum atomic E-state index is -0.174. The molecule has 3 heteroatoms. The quantitative estimate of drug-likeness (QED) is 0.906. The van der Waals surface area contributed by atoms with Crippen molar-refractivity contribution in [1.29, 1.82) is 0 Å². The van der Waals surface area contributed by atoms with Gasteiger partial charge in [0.2, 0.25) is 5.91 Å². The Hall–Kier alpha value is -2.13. The molecule has 0 saturated carbocycles. The largest absolute Gasteiger partial charge is 0.353 e. The maximum absolute atomic E-state index is 12.1. The standard InChI is InChI=1S/C18H20N2O/c1-13-6-5-9-15(10-13)17-12-19-18(21)16(20-17)11-14-7-3-2-4-8-14/h2-10,16-17,20H,11-12H2,1H3,(H,19,21). The second-order valence-corrected chi connectivity index (χ2v) is 5.62. The monoisotopic (exact) mass is 280 g/mol. The van der Waals surface area contributed by atoms with Crippen molar-refractivity contribution in [2.45, 2.75) is 25.4 Å². The Morgan fingerprint density at radius 3 is 2.67 bits per heavy atom. The van der Waals surface area contributed by atoms with E-state index in [0.29, 0.717) is 6.54 Å². The number of benzene rings is 2. The average molecular weight is 280 g/mol. The SMILES string of the molecule is Cc1cccc(C2CNC(=O)C(Cc3ccccc3)N2)c1. The highest BCUT2D eigenvalue weighted by Crippen LogP contribution is 2.18. The molecular weight excluding hydrogens is 260 g/mol. The van der Waals surface area contributed by atoms with E-state index < -0.39 is 0 Å². The van der Waals surface area contributed by atoms with Gasteiger partial charge >= 0.3 is 0 Å². The van der Waals surface area contributed by atoms with E-state index in [1.54, 1.807) is 0 Å². The minimum absolute atomic E-state index is 0.0859. The number of amides is 1. The van der Waals surface area contributed by atoms with Crippen molar-refractivity contribution in [3.05, 3.63) is 71.3 Å². The van der Waals surface area contributed by atoms with Gasteiger partial charge in [-0.25, -0.2) is 0 Å². The van der Waals surface area contributed by atoms with Crippen molar-refractivity contribution < 1.29 is 4.79 Å². The molecule has 2 aromatic carbocycles. The maximum atomic E-state index is 12.1. The van der Waals surface area contributed by atoms with Crippen LogP contribution in [0.4, 0.5) is 0 Å². The lowest BCUT2D eigenvalue weighted by Crippen LogP contribution is -2.55. The lowest BCUT2D eigenvalue weighted by atomic mass is 9.98. The van der Waals surface area contributed by atoms with Crippen LogP contribution in [0.25, 0.3) is 0 Å². The minimum Gasteiger partial charge on any atom is -0.353 e. The van der Waals surface area contributed by atoms with Crippen molar-refractivity contribution in [2.75, 3.05) is 6.54 Å². The third-order valence-corrected chi connectivity index (χ3v) is 3.93. The van der Waals surface area contributed by atoms with Crippen molar-refractivity contribution in [1.82, 2.24) is 10.6 Å². The molecule has 3 nitrogen and oxygen atoms in total. The van der Waals surface area contributed by atoms with Crippen LogP contribution in [-0.4, -0.2) is 18.5 Å². The molecule has 1 heterocycles. The number of carbonyl (C=O) groups excluding carboxylic acids is 1. The first-order valence-corrected chi connectivity index (χ1v) is 7.36. The molecule has 0 aliphatic carbocycles. The number of carbonyl (C=O) groups is 1. The Labute approximate surface area is 125 Å². The molecule has 0 spiro atoms. The van der Waals surface area contributed by atoms with Gasteiger partial charge in [0.15, 0.2) is 0 Å². The molecule has 2 atom stereocenters. The lowest BCUT2D eigenvalue weighted by Gasteiger charge is -2.31. The summed E-state index contributed by atoms with van der Waals surface area (Å²) in [7, 11) is 0. The van der Waals surface area contributed by atoms with Gasteiger partial charge in [-0.3, -0.25) is 10.1 Å². The molecule has 2 unspecified atom stereocenters. The zero-order chi connectivity index (χ0) is 14.7. The van der Waals surface area contributed by atoms with Crippen molar-refractivity contribution in [3.63, 3.8) is 0 Å². The van der Waals surface area contributed by atoms with E-state index in [9.17, 15) is 4.79 Å². The molecule has 1 aliphatic rings. The topological polar surface area (TPSA) is 41.1 Å². The predicted molar refractivity (Wildman–Crippen MR) is 84.0 cm³/mol. The van der Waals surface area contributed by atoms with E-state index in [1.165, 1.54) is 16.7 Å². The molecule has 2 N–H and O–H groups in total. The van der Waals surface area contributed by atoms with Crippen LogP contribution < -0.4 is 10.6 Å². The van der Waals surface area contributed by atoms with Crippen LogP contribution in [0.2, 0.25) is 0 Å². The molecular formula is C18H20N2O. The fourth-order valence-corrected chi connectivity index (χ4v) is 2.81. The van der Waals surface area contributed by atoms with Crippen LogP contribution in [-0.2, 0) is 11.2 Å². The molecule has 1 amide bonds. The molecule has 21 heavy (non-hydrogen) atoms. The Morgan fingerprint density at radius 1 is 1.10 bits per heavy atom. The highest BCUT2D eigenvalue weighted by Gasteiger charge is 2.28. The van der Waals surface area contributed by atoms with Crippen LogP contribution in [0.15, 0.2) is 54.6 Å². The summed E-state index contributed by atoms with van der Waals surface area (Å²) in [5, 5.41) is 6.50. The normalized spacial score (nSPS) is 21.9. The molecule has 0 aromatic heterocycles. The van der Waals surface area contributed by atoms with Gasteiger partial charge in [-0.1, -0.05) is 60.2 Å². The van der Waals surface area contributed by atoms with E-state index in [1.807, 2.05) is 18.2 Å². The Bertz CT molecular complexity index is 624. The summed E-state index contributed by atoms with van der Waals surface area (Å²) < 4.78 is 0. The molecule has 0 bridgehead atoms. The first-order chi connectivity index (χ1) is 10.2. The molecule has 2 aromatic rings. The third-order valence-electron chi connectivity index (χ3n) is 3.93. The van der Waals surface area contributed by atoms with Crippen molar-refractivity contribution >= 4 is 5.91 Å². The van der Waals surface area contributed by atoms with Crippen LogP contribution in [0, 0.1) is 6.92 Å². The van der Waals surface area contributed by atoms with Gasteiger partial charge in [0, 0.05) is 6.54 Å². The fraction of sp³-hybridized carbons (Fsp3) is 0.278. The van der Waals surface area contributed by atoms with E-state index in [2.05, 4.69) is 54.0 Å². The zero-order valence-electron chi connectivity index (χ0n) is 12.2. The average Bonchev–Trinajstić information content (AvgIpc) is 2.50. The molecule has 108 valence electrons. The highest BCUT2D eigenvalue weighted by molar-refractivity contribution is 5.83. The molecule has 1 saturated heterocycles. The van der Waals surface area contributed by atoms with Gasteiger partial charge in [0.1, 0.15) is 0 Å². The first-order valence-electron chi connectivity index (χ1n) is 7.36. The highest BCUT2D eigenvalue weighted by atomic mass is 16.2. The van der Waals surface area contributed by atoms with E-state index in [4.69, 9.17) is 0 Å². The summed E-state index contributed by atoms with van der Waals surface area (Å²) in [5.74, 6) is 0.0859. The van der Waals surface area contributed by atoms with E-state index >= 15 is 0 Å². The number of aryl methyl sites for hydroxylation is 1. The summed E-state index contributed by atoms with van der Waals surface area (Å²) in [4.78, 5) is 12.1. The number of rotatable bonds is 3. The number of nitrogens with one attached hydrogen (secondary N) is 2. The predicted octanol–water partition coefficient (Wildman–Crippen LogP) is 2.37. The number of hydrogen-bond donors (Lipinski definition) is 2. The summed E-state index contributed by atoms with van der Waals surface area (Å²) in [5.41, 5.74) is 3.65. The summed E-state index contributed by atoms with van der Waals surface area (Å²) in [6.45, 7) is 2.74. The molecule has 1 aliphatic heterocycles. The summed E-state index contributed by atoms with van der Waals surface area (Å²) >= 11 is 0. The van der Waals surface area contributed by atoms with Crippen LogP contribution >= 0.6 is 0 Å². The maximum Gasteiger partial charge on any atom is 0.237 e. The van der Waals surface area contributed by atoms with Crippen molar-refractivity contribution in [3.8, 4) is 0 Å². The molecule has 3 rings (SSSR count). The van der Waals surface area contributed by atoms with Gasteiger partial charge in [0.05, 0.1) is 12.1 Å².